The molecule has 0 aliphatic heterocycles. The van der Waals surface area contributed by atoms with Gasteiger partial charge in [0.15, 0.2) is 0 Å². The predicted octanol–water partition coefficient (Wildman–Crippen LogP) is 1.75. The van der Waals surface area contributed by atoms with E-state index in [2.05, 4.69) is 5.10 Å². The normalized spacial score (nSPS) is 11.8. The van der Waals surface area contributed by atoms with Crippen LogP contribution in [0.4, 0.5) is 5.82 Å². The van der Waals surface area contributed by atoms with Crippen molar-refractivity contribution in [1.82, 2.24) is 9.78 Å². The fourth-order valence-electron chi connectivity index (χ4n) is 1.91. The second kappa shape index (κ2) is 6.36. The fraction of sp³-hybridized carbons (Fsp3) is 0.700. The Morgan fingerprint density at radius 2 is 2.00 bits per heavy atom. The van der Waals surface area contributed by atoms with E-state index in [0.29, 0.717) is 41.4 Å². The van der Waals surface area contributed by atoms with E-state index in [1.807, 2.05) is 7.05 Å². The molecule has 0 aromatic carbocycles. The van der Waals surface area contributed by atoms with Crippen LogP contribution in [0.25, 0.3) is 0 Å². The van der Waals surface area contributed by atoms with Crippen LogP contribution in [0.15, 0.2) is 6.20 Å². The zero-order valence-corrected chi connectivity index (χ0v) is 12.0. The van der Waals surface area contributed by atoms with Crippen molar-refractivity contribution in [2.45, 2.75) is 6.54 Å². The van der Waals surface area contributed by atoms with Gasteiger partial charge >= 0.3 is 5.82 Å². The molecule has 0 spiro atoms. The van der Waals surface area contributed by atoms with Gasteiger partial charge in [0.25, 0.3) is 0 Å². The molecule has 1 heterocycles. The molecule has 0 fully saturated rings. The molecule has 0 amide bonds. The number of alkyl halides is 2. The highest BCUT2D eigenvalue weighted by Gasteiger charge is 2.28. The Morgan fingerprint density at radius 3 is 2.44 bits per heavy atom. The molecule has 0 N–H and O–H groups in total. The number of nitro groups is 1. The van der Waals surface area contributed by atoms with Crippen molar-refractivity contribution in [3.05, 3.63) is 21.9 Å². The standard InChI is InChI=1S/C10H17Cl2N4O2/c1-14-10(15(17)18)9(7-13-14)8-16(2,5-3-11)6-4-12/h7H,3-6,8H2,1-2H3/q+1. The summed E-state index contributed by atoms with van der Waals surface area (Å²) in [4.78, 5) is 10.6. The Labute approximate surface area is 116 Å². The average Bonchev–Trinajstić information content (AvgIpc) is 2.59. The van der Waals surface area contributed by atoms with Crippen LogP contribution < -0.4 is 0 Å². The molecule has 0 bridgehead atoms. The first-order valence-electron chi connectivity index (χ1n) is 5.54. The van der Waals surface area contributed by atoms with Gasteiger partial charge in [-0.05, 0) is 4.92 Å². The zero-order valence-electron chi connectivity index (χ0n) is 10.5. The number of hydrogen-bond donors (Lipinski definition) is 0. The number of aryl methyl sites for hydroxylation is 1. The van der Waals surface area contributed by atoms with E-state index in [1.165, 1.54) is 10.9 Å². The summed E-state index contributed by atoms with van der Waals surface area (Å²) in [5.41, 5.74) is 0.611. The van der Waals surface area contributed by atoms with Crippen LogP contribution in [-0.4, -0.2) is 51.1 Å². The Balaban J connectivity index is 2.97. The Kier molecular flexibility index (Phi) is 5.37. The van der Waals surface area contributed by atoms with Crippen molar-refractivity contribution >= 4 is 29.0 Å². The molecule has 0 saturated carbocycles. The van der Waals surface area contributed by atoms with Crippen LogP contribution in [0, 0.1) is 10.1 Å². The van der Waals surface area contributed by atoms with E-state index in [1.54, 1.807) is 7.05 Å². The van der Waals surface area contributed by atoms with Gasteiger partial charge in [0, 0.05) is 0 Å². The van der Waals surface area contributed by atoms with Gasteiger partial charge in [-0.3, -0.25) is 0 Å². The molecule has 0 aliphatic carbocycles. The lowest BCUT2D eigenvalue weighted by Crippen LogP contribution is -2.46. The summed E-state index contributed by atoms with van der Waals surface area (Å²) in [5, 5.41) is 14.9. The van der Waals surface area contributed by atoms with Gasteiger partial charge in [-0.25, -0.2) is 0 Å². The van der Waals surface area contributed by atoms with E-state index < -0.39 is 4.92 Å². The summed E-state index contributed by atoms with van der Waals surface area (Å²) in [6.45, 7) is 1.92. The highest BCUT2D eigenvalue weighted by Crippen LogP contribution is 2.21. The van der Waals surface area contributed by atoms with Crippen LogP contribution in [0.2, 0.25) is 0 Å². The third-order valence-corrected chi connectivity index (χ3v) is 3.29. The van der Waals surface area contributed by atoms with Crippen molar-refractivity contribution < 1.29 is 9.41 Å². The number of hydrogen-bond acceptors (Lipinski definition) is 3. The largest absolute Gasteiger partial charge is 0.358 e. The maximum Gasteiger partial charge on any atom is 0.353 e. The lowest BCUT2D eigenvalue weighted by atomic mass is 10.2. The van der Waals surface area contributed by atoms with Crippen molar-refractivity contribution in [2.24, 2.45) is 7.05 Å². The van der Waals surface area contributed by atoms with E-state index in [0.717, 1.165) is 0 Å². The molecule has 0 saturated heterocycles. The minimum Gasteiger partial charge on any atom is -0.358 e. The van der Waals surface area contributed by atoms with Crippen LogP contribution in [0.5, 0.6) is 0 Å². The quantitative estimate of drug-likeness (QED) is 0.333. The summed E-state index contributed by atoms with van der Waals surface area (Å²) >= 11 is 11.6. The van der Waals surface area contributed by atoms with Gasteiger partial charge in [0.2, 0.25) is 0 Å². The lowest BCUT2D eigenvalue weighted by Gasteiger charge is -2.32. The molecular formula is C10H17Cl2N4O2+. The monoisotopic (exact) mass is 295 g/mol. The summed E-state index contributed by atoms with van der Waals surface area (Å²) in [7, 11) is 3.55. The first-order chi connectivity index (χ1) is 8.43. The van der Waals surface area contributed by atoms with Crippen molar-refractivity contribution in [3.8, 4) is 0 Å². The molecule has 6 nitrogen and oxygen atoms in total. The van der Waals surface area contributed by atoms with Gasteiger partial charge < -0.3 is 14.6 Å². The zero-order chi connectivity index (χ0) is 13.8. The van der Waals surface area contributed by atoms with Crippen molar-refractivity contribution in [2.75, 3.05) is 31.9 Å². The summed E-state index contributed by atoms with van der Waals surface area (Å²) < 4.78 is 1.85. The summed E-state index contributed by atoms with van der Waals surface area (Å²) in [6.07, 6.45) is 1.54. The topological polar surface area (TPSA) is 61.0 Å². The molecule has 0 aliphatic rings. The van der Waals surface area contributed by atoms with Crippen LogP contribution in [0.1, 0.15) is 5.56 Å². The molecule has 0 radical (unpaired) electrons. The smallest absolute Gasteiger partial charge is 0.353 e. The predicted molar refractivity (Wildman–Crippen MR) is 70.9 cm³/mol. The Hall–Kier alpha value is -0.850. The molecule has 1 aromatic heterocycles. The number of nitrogens with zero attached hydrogens (tertiary/aromatic N) is 4. The third kappa shape index (κ3) is 3.57. The summed E-state index contributed by atoms with van der Waals surface area (Å²) in [6, 6.07) is 0. The van der Waals surface area contributed by atoms with Crippen molar-refractivity contribution in [1.29, 1.82) is 0 Å². The molecule has 18 heavy (non-hydrogen) atoms. The van der Waals surface area contributed by atoms with E-state index in [4.69, 9.17) is 23.2 Å². The first-order valence-corrected chi connectivity index (χ1v) is 6.61. The molecule has 0 atom stereocenters. The van der Waals surface area contributed by atoms with Gasteiger partial charge in [0.05, 0.1) is 38.1 Å². The number of halogens is 2. The third-order valence-electron chi connectivity index (χ3n) is 2.95. The SMILES string of the molecule is Cn1ncc(C[N+](C)(CCCl)CCCl)c1[N+](=O)[O-]. The maximum atomic E-state index is 11.0. The second-order valence-electron chi connectivity index (χ2n) is 4.48. The van der Waals surface area contributed by atoms with Crippen molar-refractivity contribution in [3.63, 3.8) is 0 Å². The average molecular weight is 296 g/mol. The number of rotatable bonds is 7. The fourth-order valence-corrected chi connectivity index (χ4v) is 2.73. The van der Waals surface area contributed by atoms with E-state index in [9.17, 15) is 10.1 Å². The second-order valence-corrected chi connectivity index (χ2v) is 5.23. The summed E-state index contributed by atoms with van der Waals surface area (Å²) in [5.74, 6) is 1.01. The van der Waals surface area contributed by atoms with Crippen LogP contribution in [-0.2, 0) is 13.6 Å². The van der Waals surface area contributed by atoms with Crippen LogP contribution in [0.3, 0.4) is 0 Å². The molecule has 1 aromatic rings. The highest BCUT2D eigenvalue weighted by atomic mass is 35.5. The van der Waals surface area contributed by atoms with Gasteiger partial charge in [0.1, 0.15) is 19.2 Å². The van der Waals surface area contributed by atoms with Crippen LogP contribution >= 0.6 is 23.2 Å². The maximum absolute atomic E-state index is 11.0. The number of aromatic nitrogens is 2. The van der Waals surface area contributed by atoms with E-state index >= 15 is 0 Å². The molecule has 0 unspecified atom stereocenters. The number of quaternary nitrogens is 1. The van der Waals surface area contributed by atoms with Gasteiger partial charge in [-0.2, -0.15) is 0 Å². The van der Waals surface area contributed by atoms with E-state index in [-0.39, 0.29) is 5.82 Å². The Morgan fingerprint density at radius 1 is 1.44 bits per heavy atom. The van der Waals surface area contributed by atoms with Gasteiger partial charge in [-0.15, -0.1) is 27.9 Å². The molecule has 1 rings (SSSR count). The van der Waals surface area contributed by atoms with Gasteiger partial charge in [-0.1, -0.05) is 5.10 Å². The lowest BCUT2D eigenvalue weighted by molar-refractivity contribution is -0.918. The minimum absolute atomic E-state index is 0.0310. The first kappa shape index (κ1) is 15.2. The molecule has 102 valence electrons. The highest BCUT2D eigenvalue weighted by molar-refractivity contribution is 6.18. The molecular weight excluding hydrogens is 279 g/mol. The molecule has 8 heteroatoms. The Bertz CT molecular complexity index is 416. The minimum atomic E-state index is -0.409.